The molecule has 2 rings (SSSR count). The van der Waals surface area contributed by atoms with Gasteiger partial charge in [-0.05, 0) is 62.7 Å². The van der Waals surface area contributed by atoms with Gasteiger partial charge >= 0.3 is 0 Å². The zero-order valence-electron chi connectivity index (χ0n) is 18.7. The fraction of sp³-hybridized carbons (Fsp3) is 0.364. The van der Waals surface area contributed by atoms with Gasteiger partial charge in [0.05, 0.1) is 22.0 Å². The number of carbonyl (C=O) groups excluding carboxylic acids is 2. The van der Waals surface area contributed by atoms with E-state index in [0.717, 1.165) is 22.7 Å². The molecule has 1 N–H and O–H groups in total. The van der Waals surface area contributed by atoms with Crippen LogP contribution in [0, 0.1) is 5.82 Å². The quantitative estimate of drug-likeness (QED) is 0.547. The smallest absolute Gasteiger partial charge is 0.244 e. The molecule has 0 aliphatic rings. The highest BCUT2D eigenvalue weighted by molar-refractivity contribution is 7.92. The second kappa shape index (κ2) is 11.2. The number of carbonyl (C=O) groups is 2. The Morgan fingerprint density at radius 1 is 1.03 bits per heavy atom. The molecule has 0 radical (unpaired) electrons. The largest absolute Gasteiger partial charge is 0.352 e. The number of hydrogen-bond acceptors (Lipinski definition) is 4. The number of hydrogen-bond donors (Lipinski definition) is 1. The van der Waals surface area contributed by atoms with Gasteiger partial charge in [-0.25, -0.2) is 12.8 Å². The monoisotopic (exact) mass is 517 g/mol. The van der Waals surface area contributed by atoms with Gasteiger partial charge in [0.25, 0.3) is 0 Å². The summed E-state index contributed by atoms with van der Waals surface area (Å²) in [4.78, 5) is 27.3. The maximum atomic E-state index is 13.3. The highest BCUT2D eigenvalue weighted by Gasteiger charge is 2.30. The molecule has 0 aliphatic carbocycles. The lowest BCUT2D eigenvalue weighted by Gasteiger charge is -2.32. The Kier molecular flexibility index (Phi) is 9.11. The van der Waals surface area contributed by atoms with Crippen molar-refractivity contribution in [1.82, 2.24) is 10.2 Å². The number of anilines is 1. The lowest BCUT2D eigenvalue weighted by atomic mass is 10.1. The fourth-order valence-electron chi connectivity index (χ4n) is 3.04. The summed E-state index contributed by atoms with van der Waals surface area (Å²) in [6, 6.07) is 8.47. The SMILES string of the molecule is CC(C)NC(=O)[C@@H](C)N(Cc1ccc(Cl)c(Cl)c1)C(=O)CN(c1ccc(F)cc1)S(C)(=O)=O. The molecule has 0 saturated carbocycles. The summed E-state index contributed by atoms with van der Waals surface area (Å²) in [5, 5.41) is 3.37. The molecule has 2 aromatic carbocycles. The molecule has 0 aliphatic heterocycles. The van der Waals surface area contributed by atoms with Gasteiger partial charge in [0.15, 0.2) is 0 Å². The summed E-state index contributed by atoms with van der Waals surface area (Å²) < 4.78 is 39.0. The summed E-state index contributed by atoms with van der Waals surface area (Å²) in [5.41, 5.74) is 0.732. The molecule has 0 spiro atoms. The van der Waals surface area contributed by atoms with Gasteiger partial charge in [-0.2, -0.15) is 0 Å². The molecule has 0 fully saturated rings. The predicted molar refractivity (Wildman–Crippen MR) is 128 cm³/mol. The third kappa shape index (κ3) is 7.58. The molecular formula is C22H26Cl2FN3O4S. The summed E-state index contributed by atoms with van der Waals surface area (Å²) in [5.74, 6) is -1.56. The van der Waals surface area contributed by atoms with Gasteiger partial charge in [-0.3, -0.25) is 13.9 Å². The normalized spacial score (nSPS) is 12.4. The number of halogens is 3. The molecule has 2 amide bonds. The van der Waals surface area contributed by atoms with Crippen LogP contribution in [0.2, 0.25) is 10.0 Å². The van der Waals surface area contributed by atoms with Crippen molar-refractivity contribution in [2.75, 3.05) is 17.1 Å². The number of sulfonamides is 1. The van der Waals surface area contributed by atoms with Crippen LogP contribution in [-0.4, -0.2) is 50.0 Å². The van der Waals surface area contributed by atoms with Crippen molar-refractivity contribution in [2.24, 2.45) is 0 Å². The van der Waals surface area contributed by atoms with E-state index in [-0.39, 0.29) is 23.3 Å². The lowest BCUT2D eigenvalue weighted by Crippen LogP contribution is -2.52. The topological polar surface area (TPSA) is 86.8 Å². The highest BCUT2D eigenvalue weighted by atomic mass is 35.5. The van der Waals surface area contributed by atoms with E-state index >= 15 is 0 Å². The summed E-state index contributed by atoms with van der Waals surface area (Å²) in [6.45, 7) is 4.54. The summed E-state index contributed by atoms with van der Waals surface area (Å²) >= 11 is 12.1. The number of benzene rings is 2. The molecule has 11 heteroatoms. The molecule has 180 valence electrons. The van der Waals surface area contributed by atoms with Gasteiger partial charge in [-0.1, -0.05) is 29.3 Å². The Morgan fingerprint density at radius 3 is 2.15 bits per heavy atom. The van der Waals surface area contributed by atoms with Crippen molar-refractivity contribution < 1.29 is 22.4 Å². The van der Waals surface area contributed by atoms with Crippen LogP contribution in [0.4, 0.5) is 10.1 Å². The van der Waals surface area contributed by atoms with E-state index in [1.54, 1.807) is 39.0 Å². The van der Waals surface area contributed by atoms with Crippen LogP contribution in [0.5, 0.6) is 0 Å². The molecule has 1 atom stereocenters. The highest BCUT2D eigenvalue weighted by Crippen LogP contribution is 2.24. The molecule has 0 heterocycles. The van der Waals surface area contributed by atoms with E-state index in [1.807, 2.05) is 0 Å². The first-order chi connectivity index (χ1) is 15.3. The molecule has 0 aromatic heterocycles. The van der Waals surface area contributed by atoms with E-state index in [1.165, 1.54) is 17.0 Å². The average Bonchev–Trinajstić information content (AvgIpc) is 2.71. The Hall–Kier alpha value is -2.36. The maximum absolute atomic E-state index is 13.3. The third-order valence-corrected chi connectivity index (χ3v) is 6.61. The zero-order valence-corrected chi connectivity index (χ0v) is 21.0. The van der Waals surface area contributed by atoms with Crippen molar-refractivity contribution in [3.63, 3.8) is 0 Å². The molecule has 0 saturated heterocycles. The van der Waals surface area contributed by atoms with Crippen LogP contribution >= 0.6 is 23.2 Å². The van der Waals surface area contributed by atoms with Crippen LogP contribution in [0.15, 0.2) is 42.5 Å². The first-order valence-electron chi connectivity index (χ1n) is 10.1. The van der Waals surface area contributed by atoms with Crippen LogP contribution < -0.4 is 9.62 Å². The van der Waals surface area contributed by atoms with Gasteiger partial charge in [0, 0.05) is 12.6 Å². The van der Waals surface area contributed by atoms with Crippen molar-refractivity contribution in [3.05, 3.63) is 63.9 Å². The summed E-state index contributed by atoms with van der Waals surface area (Å²) in [6.07, 6.45) is 0.946. The van der Waals surface area contributed by atoms with Crippen LogP contribution in [0.25, 0.3) is 0 Å². The molecule has 0 bridgehead atoms. The van der Waals surface area contributed by atoms with E-state index < -0.39 is 40.2 Å². The Labute approximate surface area is 203 Å². The van der Waals surface area contributed by atoms with E-state index in [4.69, 9.17) is 23.2 Å². The summed E-state index contributed by atoms with van der Waals surface area (Å²) in [7, 11) is -3.89. The van der Waals surface area contributed by atoms with Crippen molar-refractivity contribution >= 4 is 50.7 Å². The van der Waals surface area contributed by atoms with E-state index in [9.17, 15) is 22.4 Å². The standard InChI is InChI=1S/C22H26Cl2FN3O4S/c1-14(2)26-22(30)15(3)27(12-16-5-10-19(23)20(24)11-16)21(29)13-28(33(4,31)32)18-8-6-17(25)7-9-18/h5-11,14-15H,12-13H2,1-4H3,(H,26,30)/t15-/m1/s1. The minimum Gasteiger partial charge on any atom is -0.352 e. The number of nitrogens with zero attached hydrogens (tertiary/aromatic N) is 2. The molecule has 2 aromatic rings. The van der Waals surface area contributed by atoms with Gasteiger partial charge in [-0.15, -0.1) is 0 Å². The average molecular weight is 518 g/mol. The predicted octanol–water partition coefficient (Wildman–Crippen LogP) is 3.84. The Morgan fingerprint density at radius 2 is 1.64 bits per heavy atom. The van der Waals surface area contributed by atoms with E-state index in [2.05, 4.69) is 5.32 Å². The van der Waals surface area contributed by atoms with Crippen molar-refractivity contribution in [3.8, 4) is 0 Å². The van der Waals surface area contributed by atoms with Crippen LogP contribution in [-0.2, 0) is 26.2 Å². The first-order valence-corrected chi connectivity index (χ1v) is 12.7. The van der Waals surface area contributed by atoms with E-state index in [0.29, 0.717) is 10.6 Å². The molecule has 33 heavy (non-hydrogen) atoms. The third-order valence-electron chi connectivity index (χ3n) is 4.73. The van der Waals surface area contributed by atoms with Crippen molar-refractivity contribution in [2.45, 2.75) is 39.4 Å². The molecule has 0 unspecified atom stereocenters. The minimum absolute atomic E-state index is 0.0105. The van der Waals surface area contributed by atoms with Gasteiger partial charge in [0.2, 0.25) is 21.8 Å². The second-order valence-electron chi connectivity index (χ2n) is 7.86. The number of rotatable bonds is 9. The first kappa shape index (κ1) is 26.9. The zero-order chi connectivity index (χ0) is 24.9. The fourth-order valence-corrected chi connectivity index (χ4v) is 4.21. The van der Waals surface area contributed by atoms with Crippen LogP contribution in [0.1, 0.15) is 26.3 Å². The van der Waals surface area contributed by atoms with Gasteiger partial charge in [0.1, 0.15) is 18.4 Å². The molecule has 7 nitrogen and oxygen atoms in total. The Bertz CT molecular complexity index is 1110. The minimum atomic E-state index is -3.89. The maximum Gasteiger partial charge on any atom is 0.244 e. The van der Waals surface area contributed by atoms with Crippen LogP contribution in [0.3, 0.4) is 0 Å². The lowest BCUT2D eigenvalue weighted by molar-refractivity contribution is -0.139. The Balaban J connectivity index is 2.40. The van der Waals surface area contributed by atoms with Gasteiger partial charge < -0.3 is 10.2 Å². The number of nitrogens with one attached hydrogen (secondary N) is 1. The van der Waals surface area contributed by atoms with Crippen molar-refractivity contribution in [1.29, 1.82) is 0 Å². The second-order valence-corrected chi connectivity index (χ2v) is 10.6. The molecular weight excluding hydrogens is 492 g/mol. The number of amides is 2.